The number of imidazole rings is 1. The molecule has 0 fully saturated rings. The third kappa shape index (κ3) is 3.34. The first-order chi connectivity index (χ1) is 7.04. The predicted octanol–water partition coefficient (Wildman–Crippen LogP) is 2.37. The molecule has 1 rings (SSSR count). The molecule has 0 aliphatic carbocycles. The molecule has 0 saturated heterocycles. The number of nitrogens with zero attached hydrogens (tertiary/aromatic N) is 1. The second-order valence-electron chi connectivity index (χ2n) is 4.77. The zero-order valence-electron chi connectivity index (χ0n) is 10.3. The van der Waals surface area contributed by atoms with Crippen molar-refractivity contribution < 1.29 is 0 Å². The van der Waals surface area contributed by atoms with Crippen LogP contribution in [-0.4, -0.2) is 16.5 Å². The van der Waals surface area contributed by atoms with E-state index in [4.69, 9.17) is 5.73 Å². The van der Waals surface area contributed by atoms with Crippen molar-refractivity contribution in [3.05, 3.63) is 17.2 Å². The van der Waals surface area contributed by atoms with Crippen LogP contribution in [0.2, 0.25) is 0 Å². The molecule has 0 saturated carbocycles. The van der Waals surface area contributed by atoms with Crippen molar-refractivity contribution in [2.75, 3.05) is 6.54 Å². The van der Waals surface area contributed by atoms with E-state index in [-0.39, 0.29) is 0 Å². The van der Waals surface area contributed by atoms with Gasteiger partial charge in [0.05, 0.1) is 5.69 Å². The summed E-state index contributed by atoms with van der Waals surface area (Å²) in [6.07, 6.45) is 2.05. The highest BCUT2D eigenvalue weighted by atomic mass is 14.9. The van der Waals surface area contributed by atoms with Gasteiger partial charge >= 0.3 is 0 Å². The van der Waals surface area contributed by atoms with Crippen LogP contribution in [0.15, 0.2) is 0 Å². The number of H-pyrrole nitrogens is 1. The second kappa shape index (κ2) is 5.31. The molecule has 0 spiro atoms. The summed E-state index contributed by atoms with van der Waals surface area (Å²) >= 11 is 0. The Bertz CT molecular complexity index is 302. The van der Waals surface area contributed by atoms with Gasteiger partial charge in [-0.25, -0.2) is 4.98 Å². The van der Waals surface area contributed by atoms with E-state index in [9.17, 15) is 0 Å². The van der Waals surface area contributed by atoms with Crippen LogP contribution < -0.4 is 5.73 Å². The summed E-state index contributed by atoms with van der Waals surface area (Å²) in [5, 5.41) is 0. The zero-order chi connectivity index (χ0) is 11.4. The SMILES string of the molecule is Cc1[nH]c(C(C)CCN)nc1CC(C)C. The molecule has 1 atom stereocenters. The maximum atomic E-state index is 5.55. The van der Waals surface area contributed by atoms with Gasteiger partial charge in [-0.05, 0) is 32.2 Å². The maximum absolute atomic E-state index is 5.55. The number of hydrogen-bond acceptors (Lipinski definition) is 2. The molecule has 3 heteroatoms. The molecule has 15 heavy (non-hydrogen) atoms. The average molecular weight is 209 g/mol. The zero-order valence-corrected chi connectivity index (χ0v) is 10.3. The first-order valence-corrected chi connectivity index (χ1v) is 5.80. The molecule has 1 unspecified atom stereocenters. The maximum Gasteiger partial charge on any atom is 0.109 e. The van der Waals surface area contributed by atoms with Gasteiger partial charge in [0.1, 0.15) is 5.82 Å². The highest BCUT2D eigenvalue weighted by Gasteiger charge is 2.12. The molecule has 1 heterocycles. The quantitative estimate of drug-likeness (QED) is 0.782. The normalized spacial score (nSPS) is 13.5. The summed E-state index contributed by atoms with van der Waals surface area (Å²) < 4.78 is 0. The van der Waals surface area contributed by atoms with E-state index in [0.29, 0.717) is 11.8 Å². The minimum atomic E-state index is 0.439. The highest BCUT2D eigenvalue weighted by Crippen LogP contribution is 2.18. The summed E-state index contributed by atoms with van der Waals surface area (Å²) in [4.78, 5) is 8.03. The van der Waals surface area contributed by atoms with Crippen molar-refractivity contribution in [1.29, 1.82) is 0 Å². The second-order valence-corrected chi connectivity index (χ2v) is 4.77. The van der Waals surface area contributed by atoms with E-state index in [1.54, 1.807) is 0 Å². The summed E-state index contributed by atoms with van der Waals surface area (Å²) in [5.74, 6) is 2.19. The molecule has 0 radical (unpaired) electrons. The number of nitrogens with two attached hydrogens (primary N) is 1. The number of aromatic nitrogens is 2. The van der Waals surface area contributed by atoms with Crippen molar-refractivity contribution in [3.8, 4) is 0 Å². The minimum absolute atomic E-state index is 0.439. The molecule has 1 aromatic heterocycles. The molecule has 0 aliphatic rings. The van der Waals surface area contributed by atoms with Gasteiger partial charge in [-0.15, -0.1) is 0 Å². The molecule has 0 bridgehead atoms. The van der Waals surface area contributed by atoms with Crippen LogP contribution in [0.4, 0.5) is 0 Å². The first-order valence-electron chi connectivity index (χ1n) is 5.80. The molecule has 1 aromatic rings. The lowest BCUT2D eigenvalue weighted by molar-refractivity contribution is 0.625. The van der Waals surface area contributed by atoms with Crippen LogP contribution in [0.1, 0.15) is 50.3 Å². The minimum Gasteiger partial charge on any atom is -0.346 e. The van der Waals surface area contributed by atoms with Gasteiger partial charge in [0.25, 0.3) is 0 Å². The van der Waals surface area contributed by atoms with Crippen molar-refractivity contribution in [1.82, 2.24) is 9.97 Å². The topological polar surface area (TPSA) is 54.7 Å². The summed E-state index contributed by atoms with van der Waals surface area (Å²) in [5.41, 5.74) is 7.97. The van der Waals surface area contributed by atoms with Gasteiger partial charge in [0.2, 0.25) is 0 Å². The fourth-order valence-corrected chi connectivity index (χ4v) is 1.73. The Morgan fingerprint density at radius 1 is 1.33 bits per heavy atom. The highest BCUT2D eigenvalue weighted by molar-refractivity contribution is 5.15. The van der Waals surface area contributed by atoms with Crippen LogP contribution in [0.5, 0.6) is 0 Å². The van der Waals surface area contributed by atoms with E-state index in [2.05, 4.69) is 37.7 Å². The molecule has 3 N–H and O–H groups in total. The Morgan fingerprint density at radius 2 is 2.00 bits per heavy atom. The monoisotopic (exact) mass is 209 g/mol. The van der Waals surface area contributed by atoms with Crippen molar-refractivity contribution in [3.63, 3.8) is 0 Å². The average Bonchev–Trinajstić information content (AvgIpc) is 2.47. The van der Waals surface area contributed by atoms with Crippen LogP contribution in [0.25, 0.3) is 0 Å². The first kappa shape index (κ1) is 12.2. The van der Waals surface area contributed by atoms with E-state index >= 15 is 0 Å². The number of aromatic amines is 1. The van der Waals surface area contributed by atoms with Gasteiger partial charge in [-0.3, -0.25) is 0 Å². The Hall–Kier alpha value is -0.830. The third-order valence-electron chi connectivity index (χ3n) is 2.67. The summed E-state index contributed by atoms with van der Waals surface area (Å²) in [6, 6.07) is 0. The summed E-state index contributed by atoms with van der Waals surface area (Å²) in [7, 11) is 0. The standard InChI is InChI=1S/C12H23N3/c1-8(2)7-11-10(4)14-12(15-11)9(3)5-6-13/h8-9H,5-7,13H2,1-4H3,(H,14,15). The van der Waals surface area contributed by atoms with Gasteiger partial charge < -0.3 is 10.7 Å². The molecule has 0 amide bonds. The molecular weight excluding hydrogens is 186 g/mol. The van der Waals surface area contributed by atoms with Gasteiger partial charge in [-0.1, -0.05) is 20.8 Å². The number of rotatable bonds is 5. The predicted molar refractivity (Wildman–Crippen MR) is 64.0 cm³/mol. The fourth-order valence-electron chi connectivity index (χ4n) is 1.73. The van der Waals surface area contributed by atoms with E-state index in [1.807, 2.05) is 0 Å². The van der Waals surface area contributed by atoms with Gasteiger partial charge in [-0.2, -0.15) is 0 Å². The Morgan fingerprint density at radius 3 is 2.53 bits per heavy atom. The van der Waals surface area contributed by atoms with Crippen LogP contribution in [0.3, 0.4) is 0 Å². The van der Waals surface area contributed by atoms with E-state index < -0.39 is 0 Å². The van der Waals surface area contributed by atoms with E-state index in [1.165, 1.54) is 11.4 Å². The van der Waals surface area contributed by atoms with Crippen molar-refractivity contribution in [2.45, 2.75) is 46.5 Å². The smallest absolute Gasteiger partial charge is 0.109 e. The van der Waals surface area contributed by atoms with Crippen LogP contribution in [-0.2, 0) is 6.42 Å². The molecule has 0 aromatic carbocycles. The number of hydrogen-bond donors (Lipinski definition) is 2. The van der Waals surface area contributed by atoms with E-state index in [0.717, 1.165) is 25.2 Å². The van der Waals surface area contributed by atoms with Crippen LogP contribution >= 0.6 is 0 Å². The lowest BCUT2D eigenvalue weighted by atomic mass is 10.1. The molecular formula is C12H23N3. The molecule has 3 nitrogen and oxygen atoms in total. The Balaban J connectivity index is 2.75. The number of nitrogens with one attached hydrogen (secondary N) is 1. The largest absolute Gasteiger partial charge is 0.346 e. The lowest BCUT2D eigenvalue weighted by Gasteiger charge is -2.05. The Kier molecular flexibility index (Phi) is 4.33. The lowest BCUT2D eigenvalue weighted by Crippen LogP contribution is -2.06. The van der Waals surface area contributed by atoms with Crippen molar-refractivity contribution in [2.24, 2.45) is 11.7 Å². The van der Waals surface area contributed by atoms with Crippen molar-refractivity contribution >= 4 is 0 Å². The third-order valence-corrected chi connectivity index (χ3v) is 2.67. The fraction of sp³-hybridized carbons (Fsp3) is 0.750. The summed E-state index contributed by atoms with van der Waals surface area (Å²) in [6.45, 7) is 9.43. The molecule has 0 aliphatic heterocycles. The molecule has 86 valence electrons. The number of aryl methyl sites for hydroxylation is 1. The van der Waals surface area contributed by atoms with Crippen LogP contribution in [0, 0.1) is 12.8 Å². The Labute approximate surface area is 92.5 Å². The van der Waals surface area contributed by atoms with Gasteiger partial charge in [0.15, 0.2) is 0 Å². The van der Waals surface area contributed by atoms with Gasteiger partial charge in [0, 0.05) is 11.6 Å².